The number of hydrogen-bond acceptors (Lipinski definition) is 0. The van der Waals surface area contributed by atoms with Gasteiger partial charge < -0.3 is 0 Å². The molecular formula is C29H52. The Morgan fingerprint density at radius 1 is 0.552 bits per heavy atom. The number of hydrogen-bond donors (Lipinski definition) is 0. The largest absolute Gasteiger partial charge is 0.0654 e. The number of rotatable bonds is 19. The highest BCUT2D eigenvalue weighted by atomic mass is 14.2. The van der Waals surface area contributed by atoms with Gasteiger partial charge in [-0.25, -0.2) is 0 Å². The fourth-order valence-corrected chi connectivity index (χ4v) is 4.88. The normalized spacial score (nSPS) is 11.7. The average Bonchev–Trinajstić information content (AvgIpc) is 2.73. The molecule has 0 saturated carbocycles. The summed E-state index contributed by atoms with van der Waals surface area (Å²) in [5, 5.41) is 0. The molecule has 0 bridgehead atoms. The molecule has 168 valence electrons. The molecule has 0 radical (unpaired) electrons. The molecule has 0 saturated heterocycles. The van der Waals surface area contributed by atoms with Crippen LogP contribution in [0.3, 0.4) is 0 Å². The highest BCUT2D eigenvalue weighted by Crippen LogP contribution is 2.33. The van der Waals surface area contributed by atoms with E-state index in [9.17, 15) is 0 Å². The zero-order valence-electron chi connectivity index (χ0n) is 20.5. The summed E-state index contributed by atoms with van der Waals surface area (Å²) in [7, 11) is 0. The topological polar surface area (TPSA) is 0 Å². The van der Waals surface area contributed by atoms with E-state index in [4.69, 9.17) is 0 Å². The van der Waals surface area contributed by atoms with Gasteiger partial charge in [-0.15, -0.1) is 0 Å². The number of benzene rings is 1. The molecule has 0 heteroatoms. The molecule has 1 aromatic rings. The van der Waals surface area contributed by atoms with Gasteiger partial charge in [0, 0.05) is 0 Å². The van der Waals surface area contributed by atoms with E-state index in [1.165, 1.54) is 109 Å². The van der Waals surface area contributed by atoms with Gasteiger partial charge in [-0.05, 0) is 42.2 Å². The summed E-state index contributed by atoms with van der Waals surface area (Å²) in [6.45, 7) is 9.33. The molecule has 0 fully saturated rings. The summed E-state index contributed by atoms with van der Waals surface area (Å²) >= 11 is 0. The molecule has 0 aliphatic rings. The lowest BCUT2D eigenvalue weighted by Gasteiger charge is -2.24. The summed E-state index contributed by atoms with van der Waals surface area (Å²) in [4.78, 5) is 0. The second-order valence-corrected chi connectivity index (χ2v) is 9.45. The molecule has 0 amide bonds. The Morgan fingerprint density at radius 3 is 1.48 bits per heavy atom. The van der Waals surface area contributed by atoms with E-state index in [0.717, 1.165) is 11.8 Å². The second kappa shape index (κ2) is 18.0. The van der Waals surface area contributed by atoms with Crippen molar-refractivity contribution in [3.05, 3.63) is 35.4 Å². The molecule has 0 spiro atoms. The molecule has 0 aliphatic carbocycles. The lowest BCUT2D eigenvalue weighted by atomic mass is 9.81. The zero-order chi connectivity index (χ0) is 21.2. The first kappa shape index (κ1) is 26.3. The van der Waals surface area contributed by atoms with Crippen molar-refractivity contribution >= 4 is 0 Å². The zero-order valence-corrected chi connectivity index (χ0v) is 20.5. The van der Waals surface area contributed by atoms with E-state index >= 15 is 0 Å². The Morgan fingerprint density at radius 2 is 1.00 bits per heavy atom. The van der Waals surface area contributed by atoms with Crippen LogP contribution in [-0.4, -0.2) is 0 Å². The molecule has 1 aromatic carbocycles. The van der Waals surface area contributed by atoms with Crippen LogP contribution in [0.5, 0.6) is 0 Å². The van der Waals surface area contributed by atoms with Gasteiger partial charge in [0.1, 0.15) is 0 Å². The highest BCUT2D eigenvalue weighted by Gasteiger charge is 2.17. The Hall–Kier alpha value is -0.780. The first-order chi connectivity index (χ1) is 14.3. The van der Waals surface area contributed by atoms with E-state index in [1.807, 2.05) is 0 Å². The Kier molecular flexibility index (Phi) is 16.3. The molecular weight excluding hydrogens is 348 g/mol. The van der Waals surface area contributed by atoms with Crippen molar-refractivity contribution in [3.8, 4) is 0 Å². The maximum Gasteiger partial charge on any atom is -0.0159 e. The number of unbranched alkanes of at least 4 members (excludes halogenated alkanes) is 8. The van der Waals surface area contributed by atoms with Crippen LogP contribution in [0, 0.1) is 5.92 Å². The molecule has 0 nitrogen and oxygen atoms in total. The molecule has 0 atom stereocenters. The van der Waals surface area contributed by atoms with Crippen molar-refractivity contribution < 1.29 is 0 Å². The summed E-state index contributed by atoms with van der Waals surface area (Å²) in [5.74, 6) is 1.68. The summed E-state index contributed by atoms with van der Waals surface area (Å²) in [6, 6.07) is 9.54. The van der Waals surface area contributed by atoms with Crippen LogP contribution in [0.4, 0.5) is 0 Å². The van der Waals surface area contributed by atoms with Gasteiger partial charge in [-0.2, -0.15) is 0 Å². The lowest BCUT2D eigenvalue weighted by molar-refractivity contribution is 0.405. The van der Waals surface area contributed by atoms with E-state index in [2.05, 4.69) is 52.0 Å². The molecule has 0 aliphatic heterocycles. The Balaban J connectivity index is 2.87. The summed E-state index contributed by atoms with van der Waals surface area (Å²) in [6.07, 6.45) is 23.6. The third-order valence-electron chi connectivity index (χ3n) is 6.75. The van der Waals surface area contributed by atoms with E-state index in [0.29, 0.717) is 0 Å². The first-order valence-corrected chi connectivity index (χ1v) is 13.3. The van der Waals surface area contributed by atoms with Crippen LogP contribution in [0.2, 0.25) is 0 Å². The standard InChI is InChI=1S/C29H52/c1-5-9-13-19-26(20-14-10-6-2)25-28-23-17-18-24-29(28)27(21-15-11-7-3)22-16-12-8-4/h17-18,23-24,26-27H,5-16,19-22,25H2,1-4H3. The van der Waals surface area contributed by atoms with E-state index in [-0.39, 0.29) is 0 Å². The molecule has 0 unspecified atom stereocenters. The SMILES string of the molecule is CCCCCC(CCCCC)Cc1ccccc1C(CCCCC)CCCCC. The van der Waals surface area contributed by atoms with Crippen LogP contribution in [0.25, 0.3) is 0 Å². The average molecular weight is 401 g/mol. The van der Waals surface area contributed by atoms with E-state index < -0.39 is 0 Å². The van der Waals surface area contributed by atoms with Gasteiger partial charge in [0.2, 0.25) is 0 Å². The van der Waals surface area contributed by atoms with Gasteiger partial charge in [-0.3, -0.25) is 0 Å². The lowest BCUT2D eigenvalue weighted by Crippen LogP contribution is -2.10. The fourth-order valence-electron chi connectivity index (χ4n) is 4.88. The predicted molar refractivity (Wildman–Crippen MR) is 133 cm³/mol. The van der Waals surface area contributed by atoms with Gasteiger partial charge in [0.05, 0.1) is 0 Å². The van der Waals surface area contributed by atoms with Crippen molar-refractivity contribution in [2.45, 2.75) is 143 Å². The second-order valence-electron chi connectivity index (χ2n) is 9.45. The molecule has 0 aromatic heterocycles. The molecule has 0 N–H and O–H groups in total. The summed E-state index contributed by atoms with van der Waals surface area (Å²) < 4.78 is 0. The van der Waals surface area contributed by atoms with Crippen molar-refractivity contribution in [2.24, 2.45) is 5.92 Å². The molecule has 0 heterocycles. The van der Waals surface area contributed by atoms with Crippen LogP contribution < -0.4 is 0 Å². The maximum absolute atomic E-state index is 2.48. The van der Waals surface area contributed by atoms with Gasteiger partial charge in [0.25, 0.3) is 0 Å². The Bertz CT molecular complexity index is 455. The third kappa shape index (κ3) is 11.9. The van der Waals surface area contributed by atoms with Crippen LogP contribution in [0.15, 0.2) is 24.3 Å². The van der Waals surface area contributed by atoms with Crippen molar-refractivity contribution in [1.29, 1.82) is 0 Å². The van der Waals surface area contributed by atoms with Crippen molar-refractivity contribution in [2.75, 3.05) is 0 Å². The minimum Gasteiger partial charge on any atom is -0.0654 e. The van der Waals surface area contributed by atoms with Crippen molar-refractivity contribution in [3.63, 3.8) is 0 Å². The Labute approximate surface area is 184 Å². The molecule has 29 heavy (non-hydrogen) atoms. The predicted octanol–water partition coefficient (Wildman–Crippen LogP) is 10.3. The maximum atomic E-state index is 2.48. The molecule has 1 rings (SSSR count). The van der Waals surface area contributed by atoms with Gasteiger partial charge in [0.15, 0.2) is 0 Å². The van der Waals surface area contributed by atoms with Crippen LogP contribution in [-0.2, 0) is 6.42 Å². The van der Waals surface area contributed by atoms with E-state index in [1.54, 1.807) is 11.1 Å². The van der Waals surface area contributed by atoms with Gasteiger partial charge in [-0.1, -0.05) is 142 Å². The van der Waals surface area contributed by atoms with Crippen molar-refractivity contribution in [1.82, 2.24) is 0 Å². The minimum atomic E-state index is 0.788. The monoisotopic (exact) mass is 400 g/mol. The summed E-state index contributed by atoms with van der Waals surface area (Å²) in [5.41, 5.74) is 3.39. The highest BCUT2D eigenvalue weighted by molar-refractivity contribution is 5.31. The van der Waals surface area contributed by atoms with Gasteiger partial charge >= 0.3 is 0 Å². The first-order valence-electron chi connectivity index (χ1n) is 13.3. The smallest absolute Gasteiger partial charge is 0.0159 e. The van der Waals surface area contributed by atoms with Crippen LogP contribution in [0.1, 0.15) is 147 Å². The quantitative estimate of drug-likeness (QED) is 0.203. The van der Waals surface area contributed by atoms with Crippen LogP contribution >= 0.6 is 0 Å². The minimum absolute atomic E-state index is 0.788. The fraction of sp³-hybridized carbons (Fsp3) is 0.793. The third-order valence-corrected chi connectivity index (χ3v) is 6.75.